The van der Waals surface area contributed by atoms with Crippen LogP contribution in [0.2, 0.25) is 0 Å². The molecule has 2 aromatic heterocycles. The fourth-order valence-electron chi connectivity index (χ4n) is 3.16. The standard InChI is InChI=1S/C22H22N4O2/c27-22(19-13-18(14-23-15-19)17-5-2-1-3-6-17)24-16-20-7-4-8-21(25-20)26-9-11-28-12-10-26/h1-8,13-15H,9-12,16H2,(H,24,27). The van der Waals surface area contributed by atoms with E-state index in [4.69, 9.17) is 4.74 Å². The molecular weight excluding hydrogens is 352 g/mol. The Balaban J connectivity index is 1.42. The highest BCUT2D eigenvalue weighted by atomic mass is 16.5. The molecule has 4 rings (SSSR count). The number of nitrogens with one attached hydrogen (secondary N) is 1. The molecule has 1 aliphatic rings. The number of nitrogens with zero attached hydrogens (tertiary/aromatic N) is 3. The molecule has 1 aliphatic heterocycles. The second-order valence-corrected chi connectivity index (χ2v) is 6.60. The van der Waals surface area contributed by atoms with E-state index in [9.17, 15) is 4.79 Å². The number of rotatable bonds is 5. The summed E-state index contributed by atoms with van der Waals surface area (Å²) in [6.07, 6.45) is 3.35. The summed E-state index contributed by atoms with van der Waals surface area (Å²) >= 11 is 0. The van der Waals surface area contributed by atoms with Gasteiger partial charge in [-0.3, -0.25) is 9.78 Å². The topological polar surface area (TPSA) is 67.4 Å². The Kier molecular flexibility index (Phi) is 5.58. The first-order valence-corrected chi connectivity index (χ1v) is 9.37. The van der Waals surface area contributed by atoms with Crippen LogP contribution in [0.25, 0.3) is 11.1 Å². The van der Waals surface area contributed by atoms with Gasteiger partial charge >= 0.3 is 0 Å². The summed E-state index contributed by atoms with van der Waals surface area (Å²) in [7, 11) is 0. The number of aromatic nitrogens is 2. The molecular formula is C22H22N4O2. The van der Waals surface area contributed by atoms with Crippen LogP contribution in [0.5, 0.6) is 0 Å². The van der Waals surface area contributed by atoms with Crippen molar-refractivity contribution < 1.29 is 9.53 Å². The fourth-order valence-corrected chi connectivity index (χ4v) is 3.16. The van der Waals surface area contributed by atoms with Crippen LogP contribution in [0.15, 0.2) is 67.0 Å². The monoisotopic (exact) mass is 374 g/mol. The van der Waals surface area contributed by atoms with Crippen LogP contribution in [0.4, 0.5) is 5.82 Å². The van der Waals surface area contributed by atoms with Crippen molar-refractivity contribution >= 4 is 11.7 Å². The van der Waals surface area contributed by atoms with Gasteiger partial charge in [-0.05, 0) is 23.8 Å². The zero-order chi connectivity index (χ0) is 19.2. The van der Waals surface area contributed by atoms with Crippen molar-refractivity contribution in [3.05, 3.63) is 78.2 Å². The van der Waals surface area contributed by atoms with Crippen molar-refractivity contribution in [2.45, 2.75) is 6.54 Å². The van der Waals surface area contributed by atoms with E-state index in [1.165, 1.54) is 0 Å². The van der Waals surface area contributed by atoms with Gasteiger partial charge in [-0.1, -0.05) is 36.4 Å². The molecule has 0 spiro atoms. The number of anilines is 1. The van der Waals surface area contributed by atoms with Gasteiger partial charge in [-0.25, -0.2) is 4.98 Å². The highest BCUT2D eigenvalue weighted by molar-refractivity contribution is 5.95. The Morgan fingerprint density at radius 2 is 1.82 bits per heavy atom. The van der Waals surface area contributed by atoms with Gasteiger partial charge in [0.2, 0.25) is 0 Å². The molecule has 1 aromatic carbocycles. The van der Waals surface area contributed by atoms with E-state index in [1.54, 1.807) is 12.4 Å². The van der Waals surface area contributed by atoms with Crippen LogP contribution in [0, 0.1) is 0 Å². The fraction of sp³-hybridized carbons (Fsp3) is 0.227. The minimum atomic E-state index is -0.163. The summed E-state index contributed by atoms with van der Waals surface area (Å²) in [6.45, 7) is 3.47. The Hall–Kier alpha value is -3.25. The van der Waals surface area contributed by atoms with Gasteiger partial charge in [0.15, 0.2) is 0 Å². The molecule has 0 aliphatic carbocycles. The third-order valence-corrected chi connectivity index (χ3v) is 4.66. The summed E-state index contributed by atoms with van der Waals surface area (Å²) in [6, 6.07) is 17.6. The van der Waals surface area contributed by atoms with Crippen LogP contribution in [0.1, 0.15) is 16.1 Å². The molecule has 1 N–H and O–H groups in total. The molecule has 1 amide bonds. The van der Waals surface area contributed by atoms with E-state index in [1.807, 2.05) is 54.6 Å². The number of benzene rings is 1. The predicted molar refractivity (Wildman–Crippen MR) is 108 cm³/mol. The van der Waals surface area contributed by atoms with Gasteiger partial charge in [0.05, 0.1) is 31.0 Å². The van der Waals surface area contributed by atoms with Crippen molar-refractivity contribution in [3.8, 4) is 11.1 Å². The Bertz CT molecular complexity index is 940. The first kappa shape index (κ1) is 18.1. The first-order chi connectivity index (χ1) is 13.8. The Morgan fingerprint density at radius 1 is 1.00 bits per heavy atom. The minimum absolute atomic E-state index is 0.163. The Morgan fingerprint density at radius 3 is 2.64 bits per heavy atom. The average Bonchev–Trinajstić information content (AvgIpc) is 2.79. The lowest BCUT2D eigenvalue weighted by molar-refractivity contribution is 0.0950. The molecule has 142 valence electrons. The molecule has 0 radical (unpaired) electrons. The number of pyridine rings is 2. The third kappa shape index (κ3) is 4.35. The van der Waals surface area contributed by atoms with E-state index in [-0.39, 0.29) is 5.91 Å². The van der Waals surface area contributed by atoms with Crippen LogP contribution in [0.3, 0.4) is 0 Å². The number of hydrogen-bond donors (Lipinski definition) is 1. The van der Waals surface area contributed by atoms with Crippen LogP contribution >= 0.6 is 0 Å². The van der Waals surface area contributed by atoms with Crippen molar-refractivity contribution in [1.29, 1.82) is 0 Å². The quantitative estimate of drug-likeness (QED) is 0.744. The van der Waals surface area contributed by atoms with Crippen molar-refractivity contribution in [2.75, 3.05) is 31.2 Å². The third-order valence-electron chi connectivity index (χ3n) is 4.66. The molecule has 1 saturated heterocycles. The molecule has 3 heterocycles. The maximum absolute atomic E-state index is 12.6. The number of carbonyl (C=O) groups excluding carboxylic acids is 1. The molecule has 0 saturated carbocycles. The second-order valence-electron chi connectivity index (χ2n) is 6.60. The van der Waals surface area contributed by atoms with Crippen molar-refractivity contribution in [3.63, 3.8) is 0 Å². The molecule has 0 atom stereocenters. The zero-order valence-electron chi connectivity index (χ0n) is 15.5. The minimum Gasteiger partial charge on any atom is -0.378 e. The number of amides is 1. The maximum atomic E-state index is 12.6. The van der Waals surface area contributed by atoms with Crippen LogP contribution in [-0.4, -0.2) is 42.2 Å². The van der Waals surface area contributed by atoms with Gasteiger partial charge in [0.25, 0.3) is 5.91 Å². The maximum Gasteiger partial charge on any atom is 0.253 e. The molecule has 6 heteroatoms. The number of hydrogen-bond acceptors (Lipinski definition) is 5. The predicted octanol–water partition coefficient (Wildman–Crippen LogP) is 2.91. The molecule has 0 unspecified atom stereocenters. The van der Waals surface area contributed by atoms with Gasteiger partial charge in [0.1, 0.15) is 5.82 Å². The summed E-state index contributed by atoms with van der Waals surface area (Å²) in [5.74, 6) is 0.756. The number of morpholine rings is 1. The summed E-state index contributed by atoms with van der Waals surface area (Å²) in [5.41, 5.74) is 3.31. The lowest BCUT2D eigenvalue weighted by atomic mass is 10.1. The lowest BCUT2D eigenvalue weighted by Gasteiger charge is -2.28. The normalized spacial score (nSPS) is 13.9. The lowest BCUT2D eigenvalue weighted by Crippen LogP contribution is -2.37. The molecule has 3 aromatic rings. The van der Waals surface area contributed by atoms with E-state index in [0.29, 0.717) is 25.3 Å². The zero-order valence-corrected chi connectivity index (χ0v) is 15.5. The number of ether oxygens (including phenoxy) is 1. The summed E-state index contributed by atoms with van der Waals surface area (Å²) < 4.78 is 5.39. The smallest absolute Gasteiger partial charge is 0.253 e. The van der Waals surface area contributed by atoms with Crippen LogP contribution < -0.4 is 10.2 Å². The van der Waals surface area contributed by atoms with E-state index in [0.717, 1.165) is 35.7 Å². The van der Waals surface area contributed by atoms with Crippen molar-refractivity contribution in [1.82, 2.24) is 15.3 Å². The summed E-state index contributed by atoms with van der Waals surface area (Å²) in [4.78, 5) is 23.7. The SMILES string of the molecule is O=C(NCc1cccc(N2CCOCC2)n1)c1cncc(-c2ccccc2)c1. The van der Waals surface area contributed by atoms with Gasteiger partial charge < -0.3 is 15.0 Å². The van der Waals surface area contributed by atoms with E-state index < -0.39 is 0 Å². The largest absolute Gasteiger partial charge is 0.378 e. The molecule has 6 nitrogen and oxygen atoms in total. The van der Waals surface area contributed by atoms with Gasteiger partial charge in [0, 0.05) is 31.0 Å². The molecule has 0 bridgehead atoms. The van der Waals surface area contributed by atoms with Gasteiger partial charge in [-0.15, -0.1) is 0 Å². The second kappa shape index (κ2) is 8.63. The van der Waals surface area contributed by atoms with Crippen molar-refractivity contribution in [2.24, 2.45) is 0 Å². The Labute approximate surface area is 164 Å². The van der Waals surface area contributed by atoms with E-state index >= 15 is 0 Å². The van der Waals surface area contributed by atoms with E-state index in [2.05, 4.69) is 20.2 Å². The highest BCUT2D eigenvalue weighted by Gasteiger charge is 2.13. The average molecular weight is 374 g/mol. The van der Waals surface area contributed by atoms with Crippen LogP contribution in [-0.2, 0) is 11.3 Å². The number of carbonyl (C=O) groups is 1. The summed E-state index contributed by atoms with van der Waals surface area (Å²) in [5, 5.41) is 2.94. The molecule has 1 fully saturated rings. The van der Waals surface area contributed by atoms with Gasteiger partial charge in [-0.2, -0.15) is 0 Å². The first-order valence-electron chi connectivity index (χ1n) is 9.37. The highest BCUT2D eigenvalue weighted by Crippen LogP contribution is 2.19. The molecule has 28 heavy (non-hydrogen) atoms.